The number of nitro benzene ring substituents is 1. The predicted octanol–water partition coefficient (Wildman–Crippen LogP) is 5.27. The van der Waals surface area contributed by atoms with Gasteiger partial charge in [0, 0.05) is 29.1 Å². The van der Waals surface area contributed by atoms with Gasteiger partial charge < -0.3 is 14.5 Å². The number of nitrogens with zero attached hydrogens (tertiary/aromatic N) is 1. The predicted molar refractivity (Wildman–Crippen MR) is 129 cm³/mol. The van der Waals surface area contributed by atoms with Gasteiger partial charge in [-0.25, -0.2) is 9.59 Å². The van der Waals surface area contributed by atoms with Gasteiger partial charge >= 0.3 is 11.6 Å². The lowest BCUT2D eigenvalue weighted by molar-refractivity contribution is -0.384. The van der Waals surface area contributed by atoms with Gasteiger partial charge in [0.05, 0.1) is 26.8 Å². The van der Waals surface area contributed by atoms with Crippen molar-refractivity contribution in [1.82, 2.24) is 0 Å². The number of non-ortho nitro benzene ring substituents is 1. The summed E-state index contributed by atoms with van der Waals surface area (Å²) in [5.41, 5.74) is 1.17. The van der Waals surface area contributed by atoms with E-state index in [-0.39, 0.29) is 34.1 Å². The number of anilines is 1. The molecule has 0 bridgehead atoms. The summed E-state index contributed by atoms with van der Waals surface area (Å²) in [5.74, 6) is -1.39. The van der Waals surface area contributed by atoms with E-state index in [1.165, 1.54) is 24.3 Å². The Balaban J connectivity index is 1.54. The Morgan fingerprint density at radius 2 is 1.83 bits per heavy atom. The van der Waals surface area contributed by atoms with Gasteiger partial charge in [-0.05, 0) is 36.8 Å². The molecule has 0 aliphatic carbocycles. The zero-order valence-corrected chi connectivity index (χ0v) is 19.0. The first-order valence-corrected chi connectivity index (χ1v) is 10.7. The molecule has 0 spiro atoms. The third kappa shape index (κ3) is 5.20. The van der Waals surface area contributed by atoms with Crippen molar-refractivity contribution < 1.29 is 23.7 Å². The van der Waals surface area contributed by atoms with Crippen molar-refractivity contribution in [1.29, 1.82) is 0 Å². The quantitative estimate of drug-likeness (QED) is 0.168. The number of halogens is 1. The molecule has 176 valence electrons. The molecule has 9 nitrogen and oxygen atoms in total. The van der Waals surface area contributed by atoms with Gasteiger partial charge in [-0.2, -0.15) is 0 Å². The number of nitro groups is 1. The van der Waals surface area contributed by atoms with Crippen molar-refractivity contribution >= 4 is 45.8 Å². The Kier molecular flexibility index (Phi) is 6.61. The number of benzene rings is 3. The van der Waals surface area contributed by atoms with Crippen LogP contribution < -0.4 is 10.9 Å². The molecule has 0 atom stereocenters. The third-order valence-electron chi connectivity index (χ3n) is 5.15. The van der Waals surface area contributed by atoms with Crippen molar-refractivity contribution in [3.8, 4) is 0 Å². The first-order valence-electron chi connectivity index (χ1n) is 10.3. The molecule has 0 saturated carbocycles. The molecule has 3 aromatic carbocycles. The summed E-state index contributed by atoms with van der Waals surface area (Å²) in [6, 6.07) is 16.2. The molecule has 35 heavy (non-hydrogen) atoms. The van der Waals surface area contributed by atoms with Crippen molar-refractivity contribution in [2.75, 3.05) is 5.32 Å². The second-order valence-electron chi connectivity index (χ2n) is 7.59. The minimum atomic E-state index is -0.732. The van der Waals surface area contributed by atoms with E-state index in [9.17, 15) is 24.5 Å². The maximum Gasteiger partial charge on any atom is 0.340 e. The van der Waals surface area contributed by atoms with Crippen LogP contribution in [0.3, 0.4) is 0 Å². The molecule has 4 rings (SSSR count). The normalized spacial score (nSPS) is 10.7. The van der Waals surface area contributed by atoms with Crippen molar-refractivity contribution in [2.45, 2.75) is 13.5 Å². The lowest BCUT2D eigenvalue weighted by atomic mass is 10.1. The average Bonchev–Trinajstić information content (AvgIpc) is 2.82. The molecule has 1 aromatic heterocycles. The summed E-state index contributed by atoms with van der Waals surface area (Å²) in [5, 5.41) is 14.0. The highest BCUT2D eigenvalue weighted by Gasteiger charge is 2.19. The number of amides is 1. The van der Waals surface area contributed by atoms with E-state index < -0.39 is 22.4 Å². The summed E-state index contributed by atoms with van der Waals surface area (Å²) in [6.07, 6.45) is 0. The molecule has 10 heteroatoms. The highest BCUT2D eigenvalue weighted by molar-refractivity contribution is 6.34. The number of aryl methyl sites for hydroxylation is 1. The topological polar surface area (TPSA) is 129 Å². The second kappa shape index (κ2) is 9.78. The number of nitrogens with one attached hydrogen (secondary N) is 1. The monoisotopic (exact) mass is 492 g/mol. The van der Waals surface area contributed by atoms with Crippen molar-refractivity contribution in [3.05, 3.63) is 115 Å². The minimum Gasteiger partial charge on any atom is -0.457 e. The van der Waals surface area contributed by atoms with Gasteiger partial charge in [-0.15, -0.1) is 0 Å². The van der Waals surface area contributed by atoms with Crippen LogP contribution in [0.25, 0.3) is 11.0 Å². The van der Waals surface area contributed by atoms with E-state index in [1.807, 2.05) is 13.0 Å². The highest BCUT2D eigenvalue weighted by Crippen LogP contribution is 2.25. The number of esters is 1. The van der Waals surface area contributed by atoms with Gasteiger partial charge in [0.2, 0.25) is 0 Å². The molecule has 1 heterocycles. The van der Waals surface area contributed by atoms with Crippen LogP contribution in [-0.4, -0.2) is 16.8 Å². The summed E-state index contributed by atoms with van der Waals surface area (Å²) in [4.78, 5) is 47.7. The number of fused-ring (bicyclic) bond motifs is 1. The lowest BCUT2D eigenvalue weighted by Crippen LogP contribution is -2.16. The molecule has 0 aliphatic rings. The maximum atomic E-state index is 12.8. The molecule has 0 aliphatic heterocycles. The first-order chi connectivity index (χ1) is 16.7. The second-order valence-corrected chi connectivity index (χ2v) is 7.99. The van der Waals surface area contributed by atoms with Crippen LogP contribution in [0, 0.1) is 17.0 Å². The summed E-state index contributed by atoms with van der Waals surface area (Å²) >= 11 is 6.03. The fraction of sp³-hybridized carbons (Fsp3) is 0.0800. The van der Waals surface area contributed by atoms with Crippen molar-refractivity contribution in [3.63, 3.8) is 0 Å². The first kappa shape index (κ1) is 23.7. The number of hydrogen-bond donors (Lipinski definition) is 1. The van der Waals surface area contributed by atoms with Crippen LogP contribution in [0.1, 0.15) is 31.8 Å². The fourth-order valence-electron chi connectivity index (χ4n) is 3.44. The van der Waals surface area contributed by atoms with Crippen LogP contribution in [0.2, 0.25) is 5.02 Å². The number of para-hydroxylation sites is 1. The molecule has 0 fully saturated rings. The molecule has 0 radical (unpaired) electrons. The summed E-state index contributed by atoms with van der Waals surface area (Å²) in [7, 11) is 0. The standard InChI is InChI=1S/C25H17ClN2O7/c1-14-6-8-17-15(11-23(29)35-22(17)10-14)13-34-25(31)19-4-2-3-5-21(19)27-24(30)18-9-7-16(28(32)33)12-20(18)26/h2-12H,13H2,1H3,(H,27,30). The van der Waals surface area contributed by atoms with Gasteiger partial charge in [-0.1, -0.05) is 35.9 Å². The van der Waals surface area contributed by atoms with Gasteiger partial charge in [0.1, 0.15) is 12.2 Å². The van der Waals surface area contributed by atoms with Crippen LogP contribution >= 0.6 is 11.6 Å². The largest absolute Gasteiger partial charge is 0.457 e. The molecule has 1 N–H and O–H groups in total. The Bertz CT molecular complexity index is 1540. The summed E-state index contributed by atoms with van der Waals surface area (Å²) < 4.78 is 10.6. The summed E-state index contributed by atoms with van der Waals surface area (Å²) in [6.45, 7) is 1.67. The number of carbonyl (C=O) groups is 2. The Morgan fingerprint density at radius 1 is 1.06 bits per heavy atom. The molecule has 0 unspecified atom stereocenters. The number of rotatable bonds is 6. The number of ether oxygens (including phenoxy) is 1. The fourth-order valence-corrected chi connectivity index (χ4v) is 3.70. The van der Waals surface area contributed by atoms with E-state index in [4.69, 9.17) is 20.8 Å². The number of carbonyl (C=O) groups excluding carboxylic acids is 2. The van der Waals surface area contributed by atoms with E-state index in [1.54, 1.807) is 24.3 Å². The van der Waals surface area contributed by atoms with Gasteiger partial charge in [-0.3, -0.25) is 14.9 Å². The number of hydrogen-bond acceptors (Lipinski definition) is 7. The maximum absolute atomic E-state index is 12.8. The molecular weight excluding hydrogens is 476 g/mol. The van der Waals surface area contributed by atoms with E-state index in [0.29, 0.717) is 16.5 Å². The van der Waals surface area contributed by atoms with E-state index >= 15 is 0 Å². The SMILES string of the molecule is Cc1ccc2c(COC(=O)c3ccccc3NC(=O)c3ccc([N+](=O)[O-])cc3Cl)cc(=O)oc2c1. The Morgan fingerprint density at radius 3 is 2.57 bits per heavy atom. The van der Waals surface area contributed by atoms with Gasteiger partial charge in [0.15, 0.2) is 0 Å². The lowest BCUT2D eigenvalue weighted by Gasteiger charge is -2.12. The Hall–Kier alpha value is -4.50. The van der Waals surface area contributed by atoms with Crippen LogP contribution in [0.5, 0.6) is 0 Å². The minimum absolute atomic E-state index is 0.00166. The zero-order chi connectivity index (χ0) is 25.1. The highest BCUT2D eigenvalue weighted by atomic mass is 35.5. The Labute approximate surface area is 203 Å². The molecule has 0 saturated heterocycles. The van der Waals surface area contributed by atoms with E-state index in [0.717, 1.165) is 17.7 Å². The van der Waals surface area contributed by atoms with Crippen molar-refractivity contribution in [2.24, 2.45) is 0 Å². The van der Waals surface area contributed by atoms with Gasteiger partial charge in [0.25, 0.3) is 11.6 Å². The zero-order valence-electron chi connectivity index (χ0n) is 18.2. The molecule has 4 aromatic rings. The smallest absolute Gasteiger partial charge is 0.340 e. The average molecular weight is 493 g/mol. The molecule has 1 amide bonds. The molecular formula is C25H17ClN2O7. The van der Waals surface area contributed by atoms with Crippen LogP contribution in [-0.2, 0) is 11.3 Å². The van der Waals surface area contributed by atoms with Crippen LogP contribution in [0.15, 0.2) is 75.9 Å². The third-order valence-corrected chi connectivity index (χ3v) is 5.46. The van der Waals surface area contributed by atoms with Crippen LogP contribution in [0.4, 0.5) is 11.4 Å². The van der Waals surface area contributed by atoms with E-state index in [2.05, 4.69) is 5.32 Å².